The predicted octanol–water partition coefficient (Wildman–Crippen LogP) is 3.72. The Kier molecular flexibility index (Phi) is 3.66. The SMILES string of the molecule is CCc1[nH]nc(NCc2ccc(Br)s2)c1C. The fraction of sp³-hybridized carbons (Fsp3) is 0.364. The number of H-pyrrole nitrogens is 1. The average Bonchev–Trinajstić information content (AvgIpc) is 2.83. The maximum Gasteiger partial charge on any atom is 0.151 e. The first-order chi connectivity index (χ1) is 7.70. The number of aromatic amines is 1. The van der Waals surface area contributed by atoms with Crippen LogP contribution in [0.15, 0.2) is 15.9 Å². The molecule has 16 heavy (non-hydrogen) atoms. The normalized spacial score (nSPS) is 10.7. The molecule has 0 aliphatic rings. The van der Waals surface area contributed by atoms with Crippen molar-refractivity contribution in [3.05, 3.63) is 32.1 Å². The van der Waals surface area contributed by atoms with Crippen LogP contribution in [0.4, 0.5) is 5.82 Å². The minimum atomic E-state index is 0.825. The van der Waals surface area contributed by atoms with Crippen LogP contribution in [0.25, 0.3) is 0 Å². The van der Waals surface area contributed by atoms with E-state index in [0.29, 0.717) is 0 Å². The molecule has 0 saturated heterocycles. The van der Waals surface area contributed by atoms with Gasteiger partial charge in [0.1, 0.15) is 0 Å². The van der Waals surface area contributed by atoms with Gasteiger partial charge in [-0.3, -0.25) is 5.10 Å². The number of nitrogens with one attached hydrogen (secondary N) is 2. The fourth-order valence-electron chi connectivity index (χ4n) is 1.57. The van der Waals surface area contributed by atoms with Crippen molar-refractivity contribution < 1.29 is 0 Å². The van der Waals surface area contributed by atoms with Crippen LogP contribution in [0, 0.1) is 6.92 Å². The number of nitrogens with zero attached hydrogens (tertiary/aromatic N) is 1. The summed E-state index contributed by atoms with van der Waals surface area (Å²) in [6.45, 7) is 5.04. The third kappa shape index (κ3) is 2.47. The van der Waals surface area contributed by atoms with Crippen LogP contribution in [-0.2, 0) is 13.0 Å². The van der Waals surface area contributed by atoms with E-state index in [1.807, 2.05) is 0 Å². The van der Waals surface area contributed by atoms with Crippen LogP contribution in [0.3, 0.4) is 0 Å². The number of hydrogen-bond donors (Lipinski definition) is 2. The summed E-state index contributed by atoms with van der Waals surface area (Å²) in [5.74, 6) is 0.960. The number of halogens is 1. The van der Waals surface area contributed by atoms with Gasteiger partial charge in [0.15, 0.2) is 5.82 Å². The lowest BCUT2D eigenvalue weighted by Gasteiger charge is -2.01. The summed E-state index contributed by atoms with van der Waals surface area (Å²) in [6, 6.07) is 4.18. The lowest BCUT2D eigenvalue weighted by Crippen LogP contribution is -1.99. The molecular formula is C11H14BrN3S. The number of hydrogen-bond acceptors (Lipinski definition) is 3. The van der Waals surface area contributed by atoms with Crippen molar-refractivity contribution in [2.45, 2.75) is 26.8 Å². The van der Waals surface area contributed by atoms with Gasteiger partial charge in [-0.2, -0.15) is 5.10 Å². The van der Waals surface area contributed by atoms with Crippen molar-refractivity contribution in [3.8, 4) is 0 Å². The van der Waals surface area contributed by atoms with Crippen molar-refractivity contribution in [3.63, 3.8) is 0 Å². The molecule has 2 aromatic rings. The molecule has 2 rings (SSSR count). The van der Waals surface area contributed by atoms with E-state index in [4.69, 9.17) is 0 Å². The lowest BCUT2D eigenvalue weighted by molar-refractivity contribution is 0.966. The molecule has 3 nitrogen and oxygen atoms in total. The van der Waals surface area contributed by atoms with Crippen molar-refractivity contribution in [2.75, 3.05) is 5.32 Å². The van der Waals surface area contributed by atoms with E-state index in [1.54, 1.807) is 11.3 Å². The molecule has 86 valence electrons. The minimum absolute atomic E-state index is 0.825. The number of aryl methyl sites for hydroxylation is 1. The van der Waals surface area contributed by atoms with Crippen LogP contribution < -0.4 is 5.32 Å². The zero-order valence-electron chi connectivity index (χ0n) is 9.30. The van der Waals surface area contributed by atoms with Gasteiger partial charge in [-0.1, -0.05) is 6.92 Å². The van der Waals surface area contributed by atoms with Crippen molar-refractivity contribution in [1.29, 1.82) is 0 Å². The average molecular weight is 300 g/mol. The van der Waals surface area contributed by atoms with Crippen molar-refractivity contribution in [1.82, 2.24) is 10.2 Å². The molecule has 2 heterocycles. The number of thiophene rings is 1. The summed E-state index contributed by atoms with van der Waals surface area (Å²) in [5, 5.41) is 10.7. The second-order valence-electron chi connectivity index (χ2n) is 3.59. The molecule has 0 aromatic carbocycles. The minimum Gasteiger partial charge on any atom is -0.363 e. The van der Waals surface area contributed by atoms with Crippen LogP contribution in [-0.4, -0.2) is 10.2 Å². The molecule has 0 spiro atoms. The van der Waals surface area contributed by atoms with E-state index in [1.165, 1.54) is 16.1 Å². The smallest absolute Gasteiger partial charge is 0.151 e. The van der Waals surface area contributed by atoms with Gasteiger partial charge in [-0.15, -0.1) is 11.3 Å². The standard InChI is InChI=1S/C11H14BrN3S/c1-3-9-7(2)11(15-14-9)13-6-8-4-5-10(12)16-8/h4-5H,3,6H2,1-2H3,(H2,13,14,15). The fourth-order valence-corrected chi connectivity index (χ4v) is 2.99. The Hall–Kier alpha value is -0.810. The zero-order valence-corrected chi connectivity index (χ0v) is 11.7. The molecule has 0 radical (unpaired) electrons. The molecule has 0 atom stereocenters. The predicted molar refractivity (Wildman–Crippen MR) is 72.0 cm³/mol. The van der Waals surface area contributed by atoms with Crippen LogP contribution in [0.2, 0.25) is 0 Å². The van der Waals surface area contributed by atoms with Crippen molar-refractivity contribution >= 4 is 33.1 Å². The molecule has 0 aliphatic carbocycles. The van der Waals surface area contributed by atoms with Gasteiger partial charge >= 0.3 is 0 Å². The monoisotopic (exact) mass is 299 g/mol. The lowest BCUT2D eigenvalue weighted by atomic mass is 10.2. The topological polar surface area (TPSA) is 40.7 Å². The maximum absolute atomic E-state index is 4.27. The Bertz CT molecular complexity index is 475. The number of anilines is 1. The molecule has 2 aromatic heterocycles. The number of aromatic nitrogens is 2. The second kappa shape index (κ2) is 5.01. The molecule has 2 N–H and O–H groups in total. The number of rotatable bonds is 4. The molecule has 5 heteroatoms. The van der Waals surface area contributed by atoms with Gasteiger partial charge in [0.2, 0.25) is 0 Å². The maximum atomic E-state index is 4.27. The third-order valence-electron chi connectivity index (χ3n) is 2.52. The Morgan fingerprint density at radius 3 is 2.88 bits per heavy atom. The highest BCUT2D eigenvalue weighted by molar-refractivity contribution is 9.11. The van der Waals surface area contributed by atoms with Crippen LogP contribution in [0.5, 0.6) is 0 Å². The summed E-state index contributed by atoms with van der Waals surface area (Å²) < 4.78 is 1.16. The highest BCUT2D eigenvalue weighted by atomic mass is 79.9. The van der Waals surface area contributed by atoms with E-state index < -0.39 is 0 Å². The molecule has 0 saturated carbocycles. The highest BCUT2D eigenvalue weighted by Gasteiger charge is 2.07. The second-order valence-corrected chi connectivity index (χ2v) is 6.14. The van der Waals surface area contributed by atoms with Crippen LogP contribution in [0.1, 0.15) is 23.1 Å². The first-order valence-electron chi connectivity index (χ1n) is 5.22. The first kappa shape index (κ1) is 11.7. The summed E-state index contributed by atoms with van der Waals surface area (Å²) in [7, 11) is 0. The van der Waals surface area contributed by atoms with Gasteiger partial charge in [0, 0.05) is 16.1 Å². The van der Waals surface area contributed by atoms with Gasteiger partial charge < -0.3 is 5.32 Å². The largest absolute Gasteiger partial charge is 0.363 e. The quantitative estimate of drug-likeness (QED) is 0.903. The molecule has 0 unspecified atom stereocenters. The van der Waals surface area contributed by atoms with Gasteiger partial charge in [-0.25, -0.2) is 0 Å². The summed E-state index contributed by atoms with van der Waals surface area (Å²) >= 11 is 5.20. The van der Waals surface area contributed by atoms with Crippen LogP contribution >= 0.6 is 27.3 Å². The molecule has 0 amide bonds. The molecule has 0 bridgehead atoms. The summed E-state index contributed by atoms with van der Waals surface area (Å²) in [5.41, 5.74) is 2.42. The van der Waals surface area contributed by atoms with E-state index in [-0.39, 0.29) is 0 Å². The Balaban J connectivity index is 2.02. The molecule has 0 fully saturated rings. The Labute approximate surface area is 107 Å². The first-order valence-corrected chi connectivity index (χ1v) is 6.83. The highest BCUT2D eigenvalue weighted by Crippen LogP contribution is 2.23. The molecule has 0 aliphatic heterocycles. The Morgan fingerprint density at radius 2 is 2.31 bits per heavy atom. The van der Waals surface area contributed by atoms with Gasteiger partial charge in [0.05, 0.1) is 10.3 Å². The van der Waals surface area contributed by atoms with E-state index in [0.717, 1.165) is 22.6 Å². The zero-order chi connectivity index (χ0) is 11.5. The third-order valence-corrected chi connectivity index (χ3v) is 4.15. The summed E-state index contributed by atoms with van der Waals surface area (Å²) in [4.78, 5) is 1.30. The van der Waals surface area contributed by atoms with E-state index in [9.17, 15) is 0 Å². The van der Waals surface area contributed by atoms with Gasteiger partial charge in [-0.05, 0) is 41.4 Å². The van der Waals surface area contributed by atoms with Gasteiger partial charge in [0.25, 0.3) is 0 Å². The molecular weight excluding hydrogens is 286 g/mol. The van der Waals surface area contributed by atoms with E-state index >= 15 is 0 Å². The van der Waals surface area contributed by atoms with Crippen molar-refractivity contribution in [2.24, 2.45) is 0 Å². The Morgan fingerprint density at radius 1 is 1.50 bits per heavy atom. The van der Waals surface area contributed by atoms with E-state index in [2.05, 4.69) is 57.4 Å². The summed E-state index contributed by atoms with van der Waals surface area (Å²) in [6.07, 6.45) is 0.991.